The molecule has 7 heteroatoms. The highest BCUT2D eigenvalue weighted by molar-refractivity contribution is 9.10. The summed E-state index contributed by atoms with van der Waals surface area (Å²) in [4.78, 5) is 37.9. The maximum Gasteiger partial charge on any atom is 0.262 e. The first-order valence-electron chi connectivity index (χ1n) is 7.54. The highest BCUT2D eigenvalue weighted by atomic mass is 79.9. The van der Waals surface area contributed by atoms with Crippen LogP contribution in [0, 0.1) is 0 Å². The first kappa shape index (κ1) is 17.6. The maximum absolute atomic E-state index is 12.3. The first-order chi connectivity index (χ1) is 10.9. The number of benzene rings is 1. The van der Waals surface area contributed by atoms with Crippen LogP contribution in [0.2, 0.25) is 0 Å². The Hall–Kier alpha value is -1.73. The van der Waals surface area contributed by atoms with Gasteiger partial charge in [0.1, 0.15) is 6.54 Å². The fraction of sp³-hybridized carbons (Fsp3) is 0.438. The molecule has 1 aliphatic rings. The molecular weight excluding hydrogens is 362 g/mol. The normalized spacial score (nSPS) is 14.2. The highest BCUT2D eigenvalue weighted by Gasteiger charge is 2.37. The zero-order valence-corrected chi connectivity index (χ0v) is 14.8. The number of imide groups is 1. The van der Waals surface area contributed by atoms with Crippen molar-refractivity contribution in [3.05, 3.63) is 33.8 Å². The summed E-state index contributed by atoms with van der Waals surface area (Å²) in [6, 6.07) is 4.87. The van der Waals surface area contributed by atoms with Gasteiger partial charge in [-0.1, -0.05) is 29.8 Å². The van der Waals surface area contributed by atoms with Crippen molar-refractivity contribution >= 4 is 33.7 Å². The van der Waals surface area contributed by atoms with E-state index in [1.54, 1.807) is 18.2 Å². The lowest BCUT2D eigenvalue weighted by Crippen LogP contribution is -2.55. The minimum atomic E-state index is -0.501. The molecule has 2 rings (SSSR count). The van der Waals surface area contributed by atoms with Gasteiger partial charge in [-0.15, -0.1) is 0 Å². The van der Waals surface area contributed by atoms with Gasteiger partial charge in [-0.05, 0) is 31.0 Å². The van der Waals surface area contributed by atoms with E-state index in [0.29, 0.717) is 35.0 Å². The van der Waals surface area contributed by atoms with Gasteiger partial charge in [-0.25, -0.2) is 0 Å². The first-order valence-corrected chi connectivity index (χ1v) is 8.33. The summed E-state index contributed by atoms with van der Waals surface area (Å²) < 4.78 is 0.711. The van der Waals surface area contributed by atoms with Gasteiger partial charge in [-0.3, -0.25) is 19.3 Å². The number of halogens is 1. The lowest BCUT2D eigenvalue weighted by Gasteiger charge is -2.32. The van der Waals surface area contributed by atoms with Crippen molar-refractivity contribution < 1.29 is 14.4 Å². The third-order valence-corrected chi connectivity index (χ3v) is 4.88. The van der Waals surface area contributed by atoms with Crippen molar-refractivity contribution in [3.63, 3.8) is 0 Å². The average molecular weight is 382 g/mol. The number of hydrogen-bond acceptors (Lipinski definition) is 4. The third kappa shape index (κ3) is 3.30. The third-order valence-electron chi connectivity index (χ3n) is 4.38. The Morgan fingerprint density at radius 2 is 1.83 bits per heavy atom. The van der Waals surface area contributed by atoms with Crippen LogP contribution in [0.3, 0.4) is 0 Å². The molecule has 1 aromatic carbocycles. The van der Waals surface area contributed by atoms with Crippen molar-refractivity contribution in [2.24, 2.45) is 5.73 Å². The summed E-state index contributed by atoms with van der Waals surface area (Å²) in [5.74, 6) is -1.28. The molecule has 0 radical (unpaired) electrons. The van der Waals surface area contributed by atoms with Crippen molar-refractivity contribution in [1.29, 1.82) is 0 Å². The quantitative estimate of drug-likeness (QED) is 0.733. The molecule has 0 unspecified atom stereocenters. The van der Waals surface area contributed by atoms with Crippen LogP contribution in [0.1, 0.15) is 47.4 Å². The van der Waals surface area contributed by atoms with Gasteiger partial charge < -0.3 is 11.1 Å². The Balaban J connectivity index is 2.14. The second kappa shape index (κ2) is 6.80. The van der Waals surface area contributed by atoms with Crippen molar-refractivity contribution in [3.8, 4) is 0 Å². The number of carbonyl (C=O) groups is 3. The predicted molar refractivity (Wildman–Crippen MR) is 90.0 cm³/mol. The summed E-state index contributed by atoms with van der Waals surface area (Å²) in [5.41, 5.74) is 5.89. The Bertz CT molecular complexity index is 648. The smallest absolute Gasteiger partial charge is 0.262 e. The van der Waals surface area contributed by atoms with Gasteiger partial charge in [0.2, 0.25) is 5.91 Å². The van der Waals surface area contributed by atoms with E-state index in [4.69, 9.17) is 5.73 Å². The fourth-order valence-corrected chi connectivity index (χ4v) is 3.01. The topological polar surface area (TPSA) is 92.5 Å². The molecule has 0 spiro atoms. The lowest BCUT2D eigenvalue weighted by molar-refractivity contribution is -0.123. The molecule has 0 saturated heterocycles. The molecule has 6 nitrogen and oxygen atoms in total. The van der Waals surface area contributed by atoms with E-state index < -0.39 is 17.4 Å². The van der Waals surface area contributed by atoms with Crippen LogP contribution in [-0.2, 0) is 4.79 Å². The van der Waals surface area contributed by atoms with E-state index in [-0.39, 0.29) is 12.5 Å². The number of amides is 3. The molecule has 23 heavy (non-hydrogen) atoms. The molecule has 3 N–H and O–H groups in total. The summed E-state index contributed by atoms with van der Waals surface area (Å²) >= 11 is 3.28. The molecule has 0 aromatic heterocycles. The molecule has 0 fully saturated rings. The summed E-state index contributed by atoms with van der Waals surface area (Å²) in [6.45, 7) is 3.89. The number of hydrogen-bond donors (Lipinski definition) is 2. The summed E-state index contributed by atoms with van der Waals surface area (Å²) in [5, 5.41) is 2.87. The molecule has 1 aliphatic heterocycles. The predicted octanol–water partition coefficient (Wildman–Crippen LogP) is 1.68. The summed E-state index contributed by atoms with van der Waals surface area (Å²) in [6.07, 6.45) is 1.36. The van der Waals surface area contributed by atoms with Crippen LogP contribution >= 0.6 is 15.9 Å². The number of nitrogens with two attached hydrogens (primary N) is 1. The van der Waals surface area contributed by atoms with E-state index in [9.17, 15) is 14.4 Å². The van der Waals surface area contributed by atoms with Crippen LogP contribution in [0.15, 0.2) is 22.7 Å². The molecular formula is C16H20BrN3O3. The SMILES string of the molecule is CCC(CC)(CN)NC(=O)CN1C(=O)c2ccc(Br)cc2C1=O. The molecule has 0 saturated carbocycles. The fourth-order valence-electron chi connectivity index (χ4n) is 2.65. The highest BCUT2D eigenvalue weighted by Crippen LogP contribution is 2.26. The van der Waals surface area contributed by atoms with Crippen molar-refractivity contribution in [2.75, 3.05) is 13.1 Å². The zero-order valence-electron chi connectivity index (χ0n) is 13.2. The van der Waals surface area contributed by atoms with Gasteiger partial charge in [-0.2, -0.15) is 0 Å². The number of fused-ring (bicyclic) bond motifs is 1. The van der Waals surface area contributed by atoms with E-state index in [0.717, 1.165) is 4.90 Å². The van der Waals surface area contributed by atoms with Crippen LogP contribution in [0.5, 0.6) is 0 Å². The molecule has 0 bridgehead atoms. The Morgan fingerprint density at radius 3 is 2.39 bits per heavy atom. The minimum Gasteiger partial charge on any atom is -0.348 e. The Morgan fingerprint density at radius 1 is 1.22 bits per heavy atom. The average Bonchev–Trinajstić information content (AvgIpc) is 2.77. The number of carbonyl (C=O) groups excluding carboxylic acids is 3. The molecule has 1 heterocycles. The van der Waals surface area contributed by atoms with Crippen LogP contribution < -0.4 is 11.1 Å². The van der Waals surface area contributed by atoms with Crippen LogP contribution in [0.25, 0.3) is 0 Å². The number of nitrogens with one attached hydrogen (secondary N) is 1. The molecule has 0 atom stereocenters. The standard InChI is InChI=1S/C16H20BrN3O3/c1-3-16(4-2,9-18)19-13(21)8-20-14(22)11-6-5-10(17)7-12(11)15(20)23/h5-7H,3-4,8-9,18H2,1-2H3,(H,19,21). The maximum atomic E-state index is 12.3. The van der Waals surface area contributed by atoms with Gasteiger partial charge >= 0.3 is 0 Å². The van der Waals surface area contributed by atoms with Gasteiger partial charge in [0.05, 0.1) is 16.7 Å². The monoisotopic (exact) mass is 381 g/mol. The molecule has 3 amide bonds. The summed E-state index contributed by atoms with van der Waals surface area (Å²) in [7, 11) is 0. The van der Waals surface area contributed by atoms with Crippen LogP contribution in [0.4, 0.5) is 0 Å². The van der Waals surface area contributed by atoms with Gasteiger partial charge in [0.15, 0.2) is 0 Å². The molecule has 0 aliphatic carbocycles. The van der Waals surface area contributed by atoms with Crippen LogP contribution in [-0.4, -0.2) is 41.2 Å². The largest absolute Gasteiger partial charge is 0.348 e. The molecule has 1 aromatic rings. The van der Waals surface area contributed by atoms with E-state index in [1.807, 2.05) is 13.8 Å². The minimum absolute atomic E-state index is 0.300. The molecule has 124 valence electrons. The Labute approximate surface area is 143 Å². The van der Waals surface area contributed by atoms with Gasteiger partial charge in [0, 0.05) is 11.0 Å². The van der Waals surface area contributed by atoms with E-state index in [2.05, 4.69) is 21.2 Å². The second-order valence-electron chi connectivity index (χ2n) is 5.63. The second-order valence-corrected chi connectivity index (χ2v) is 6.54. The number of nitrogens with zero attached hydrogens (tertiary/aromatic N) is 1. The van der Waals surface area contributed by atoms with Gasteiger partial charge in [0.25, 0.3) is 11.8 Å². The zero-order chi connectivity index (χ0) is 17.2. The van der Waals surface area contributed by atoms with E-state index in [1.165, 1.54) is 0 Å². The lowest BCUT2D eigenvalue weighted by atomic mass is 9.93. The van der Waals surface area contributed by atoms with E-state index >= 15 is 0 Å². The Kier molecular flexibility index (Phi) is 5.21. The van der Waals surface area contributed by atoms with Crippen molar-refractivity contribution in [2.45, 2.75) is 32.2 Å². The number of rotatable bonds is 6. The van der Waals surface area contributed by atoms with Crippen molar-refractivity contribution in [1.82, 2.24) is 10.2 Å².